The number of amides is 2. The number of hydrogen-bond donors (Lipinski definition) is 2. The first-order valence-corrected chi connectivity index (χ1v) is 9.40. The maximum Gasteiger partial charge on any atom is 0.319 e. The zero-order valence-electron chi connectivity index (χ0n) is 15.7. The molecule has 4 rings (SSSR count). The number of aromatic nitrogens is 4. The highest BCUT2D eigenvalue weighted by Gasteiger charge is 2.17. The second-order valence-electron chi connectivity index (χ2n) is 6.58. The van der Waals surface area contributed by atoms with Crippen molar-refractivity contribution in [1.29, 1.82) is 0 Å². The zero-order chi connectivity index (χ0) is 19.3. The first kappa shape index (κ1) is 18.0. The topological polar surface area (TPSA) is 94.0 Å². The second-order valence-corrected chi connectivity index (χ2v) is 6.58. The molecule has 3 aromatic rings. The van der Waals surface area contributed by atoms with E-state index in [9.17, 15) is 4.79 Å². The normalized spacial score (nSPS) is 12.5. The summed E-state index contributed by atoms with van der Waals surface area (Å²) < 4.78 is 7.82. The number of ether oxygens (including phenoxy) is 1. The highest BCUT2D eigenvalue weighted by atomic mass is 16.5. The quantitative estimate of drug-likeness (QED) is 0.686. The molecule has 144 valence electrons. The largest absolute Gasteiger partial charge is 0.439 e. The average molecular weight is 378 g/mol. The number of fused-ring (bicyclic) bond motifs is 1. The Kier molecular flexibility index (Phi) is 5.18. The Morgan fingerprint density at radius 1 is 1.25 bits per heavy atom. The molecule has 2 amide bonds. The van der Waals surface area contributed by atoms with Gasteiger partial charge in [-0.1, -0.05) is 19.1 Å². The fourth-order valence-corrected chi connectivity index (χ4v) is 3.14. The van der Waals surface area contributed by atoms with E-state index in [1.54, 1.807) is 18.3 Å². The third kappa shape index (κ3) is 4.11. The van der Waals surface area contributed by atoms with Crippen LogP contribution in [-0.4, -0.2) is 25.8 Å². The Hall–Kier alpha value is -3.42. The van der Waals surface area contributed by atoms with E-state index in [2.05, 4.69) is 43.4 Å². The Labute approximate surface area is 163 Å². The lowest BCUT2D eigenvalue weighted by Gasteiger charge is -2.09. The molecule has 0 unspecified atom stereocenters. The van der Waals surface area contributed by atoms with Gasteiger partial charge in [0, 0.05) is 19.0 Å². The number of anilines is 1. The van der Waals surface area contributed by atoms with Gasteiger partial charge in [0.05, 0.1) is 18.4 Å². The molecule has 8 heteroatoms. The monoisotopic (exact) mass is 378 g/mol. The zero-order valence-corrected chi connectivity index (χ0v) is 15.7. The fourth-order valence-electron chi connectivity index (χ4n) is 3.14. The number of hydrogen-bond acceptors (Lipinski definition) is 5. The molecule has 1 aromatic carbocycles. The van der Waals surface area contributed by atoms with Crippen molar-refractivity contribution in [2.75, 3.05) is 5.32 Å². The summed E-state index contributed by atoms with van der Waals surface area (Å²) in [6.45, 7) is 3.34. The van der Waals surface area contributed by atoms with Crippen molar-refractivity contribution in [3.05, 3.63) is 59.8 Å². The van der Waals surface area contributed by atoms with Crippen molar-refractivity contribution in [1.82, 2.24) is 25.1 Å². The minimum absolute atomic E-state index is 0.318. The highest BCUT2D eigenvalue weighted by molar-refractivity contribution is 5.88. The van der Waals surface area contributed by atoms with Crippen LogP contribution < -0.4 is 15.4 Å². The van der Waals surface area contributed by atoms with E-state index in [4.69, 9.17) is 4.74 Å². The molecule has 3 heterocycles. The molecule has 0 bridgehead atoms. The van der Waals surface area contributed by atoms with Crippen molar-refractivity contribution in [3.8, 4) is 11.6 Å². The summed E-state index contributed by atoms with van der Waals surface area (Å²) in [4.78, 5) is 16.4. The van der Waals surface area contributed by atoms with Crippen molar-refractivity contribution in [2.24, 2.45) is 0 Å². The third-order valence-electron chi connectivity index (χ3n) is 4.62. The molecule has 8 nitrogen and oxygen atoms in total. The Balaban J connectivity index is 1.30. The van der Waals surface area contributed by atoms with E-state index in [0.717, 1.165) is 43.2 Å². The van der Waals surface area contributed by atoms with Crippen LogP contribution in [0.5, 0.6) is 11.6 Å². The third-order valence-corrected chi connectivity index (χ3v) is 4.62. The first-order chi connectivity index (χ1) is 13.7. The van der Waals surface area contributed by atoms with E-state index < -0.39 is 0 Å². The molecule has 0 aliphatic carbocycles. The Morgan fingerprint density at radius 2 is 2.18 bits per heavy atom. The number of carbonyl (C=O) groups is 1. The van der Waals surface area contributed by atoms with Gasteiger partial charge in [-0.05, 0) is 36.6 Å². The predicted molar refractivity (Wildman–Crippen MR) is 104 cm³/mol. The van der Waals surface area contributed by atoms with Gasteiger partial charge in [-0.15, -0.1) is 10.2 Å². The molecule has 28 heavy (non-hydrogen) atoms. The van der Waals surface area contributed by atoms with Gasteiger partial charge in [-0.2, -0.15) is 0 Å². The van der Waals surface area contributed by atoms with Crippen LogP contribution in [0.4, 0.5) is 10.5 Å². The number of nitrogens with one attached hydrogen (secondary N) is 2. The lowest BCUT2D eigenvalue weighted by atomic mass is 10.2. The van der Waals surface area contributed by atoms with E-state index in [1.807, 2.05) is 18.2 Å². The van der Waals surface area contributed by atoms with Crippen LogP contribution in [-0.2, 0) is 25.9 Å². The average Bonchev–Trinajstić information content (AvgIpc) is 3.32. The van der Waals surface area contributed by atoms with Crippen LogP contribution in [0.3, 0.4) is 0 Å². The van der Waals surface area contributed by atoms with Gasteiger partial charge >= 0.3 is 6.03 Å². The van der Waals surface area contributed by atoms with E-state index in [0.29, 0.717) is 18.1 Å². The van der Waals surface area contributed by atoms with Gasteiger partial charge in [-0.25, -0.2) is 9.78 Å². The SMILES string of the molecule is CCc1cccc(Oc2ccc(NC(=O)NCc3nnc4n3CCC4)cn2)c1. The predicted octanol–water partition coefficient (Wildman–Crippen LogP) is 3.30. The molecule has 0 atom stereocenters. The minimum Gasteiger partial charge on any atom is -0.439 e. The molecular formula is C20H22N6O2. The van der Waals surface area contributed by atoms with Crippen molar-refractivity contribution >= 4 is 11.7 Å². The summed E-state index contributed by atoms with van der Waals surface area (Å²) in [6.07, 6.45) is 4.53. The fraction of sp³-hybridized carbons (Fsp3) is 0.300. The van der Waals surface area contributed by atoms with Crippen molar-refractivity contribution in [2.45, 2.75) is 39.3 Å². The first-order valence-electron chi connectivity index (χ1n) is 9.40. The maximum absolute atomic E-state index is 12.1. The molecule has 0 spiro atoms. The van der Waals surface area contributed by atoms with Gasteiger partial charge in [0.15, 0.2) is 5.82 Å². The number of benzene rings is 1. The van der Waals surface area contributed by atoms with Crippen LogP contribution in [0.25, 0.3) is 0 Å². The molecule has 0 radical (unpaired) electrons. The summed E-state index contributed by atoms with van der Waals surface area (Å²) in [5, 5.41) is 13.8. The van der Waals surface area contributed by atoms with Crippen LogP contribution >= 0.6 is 0 Å². The van der Waals surface area contributed by atoms with Gasteiger partial charge in [0.1, 0.15) is 11.6 Å². The summed E-state index contributed by atoms with van der Waals surface area (Å²) in [5.74, 6) is 2.98. The molecule has 0 saturated carbocycles. The Morgan fingerprint density at radius 3 is 3.00 bits per heavy atom. The lowest BCUT2D eigenvalue weighted by Crippen LogP contribution is -2.29. The van der Waals surface area contributed by atoms with Gasteiger partial charge in [-0.3, -0.25) is 0 Å². The summed E-state index contributed by atoms with van der Waals surface area (Å²) in [5.41, 5.74) is 1.78. The number of pyridine rings is 1. The number of nitrogens with zero attached hydrogens (tertiary/aromatic N) is 4. The molecular weight excluding hydrogens is 356 g/mol. The van der Waals surface area contributed by atoms with Crippen molar-refractivity contribution < 1.29 is 9.53 Å². The number of carbonyl (C=O) groups excluding carboxylic acids is 1. The Bertz CT molecular complexity index is 967. The molecule has 0 fully saturated rings. The van der Waals surface area contributed by atoms with Crippen LogP contribution in [0, 0.1) is 0 Å². The summed E-state index contributed by atoms with van der Waals surface area (Å²) in [6, 6.07) is 11.0. The van der Waals surface area contributed by atoms with Crippen molar-refractivity contribution in [3.63, 3.8) is 0 Å². The summed E-state index contributed by atoms with van der Waals surface area (Å²) >= 11 is 0. The summed E-state index contributed by atoms with van der Waals surface area (Å²) in [7, 11) is 0. The van der Waals surface area contributed by atoms with Crippen LogP contribution in [0.15, 0.2) is 42.6 Å². The second kappa shape index (κ2) is 8.08. The number of rotatable bonds is 6. The van der Waals surface area contributed by atoms with Gasteiger partial charge in [0.25, 0.3) is 0 Å². The smallest absolute Gasteiger partial charge is 0.319 e. The lowest BCUT2D eigenvalue weighted by molar-refractivity contribution is 0.251. The van der Waals surface area contributed by atoms with E-state index >= 15 is 0 Å². The molecule has 1 aliphatic rings. The maximum atomic E-state index is 12.1. The number of aryl methyl sites for hydroxylation is 2. The van der Waals surface area contributed by atoms with E-state index in [-0.39, 0.29) is 6.03 Å². The molecule has 1 aliphatic heterocycles. The molecule has 0 saturated heterocycles. The van der Waals surface area contributed by atoms with E-state index in [1.165, 1.54) is 5.56 Å². The number of urea groups is 1. The van der Waals surface area contributed by atoms with Crippen LogP contribution in [0.1, 0.15) is 30.6 Å². The highest BCUT2D eigenvalue weighted by Crippen LogP contribution is 2.21. The van der Waals surface area contributed by atoms with Crippen LogP contribution in [0.2, 0.25) is 0 Å². The molecule has 2 N–H and O–H groups in total. The minimum atomic E-state index is -0.318. The molecule has 2 aromatic heterocycles. The van der Waals surface area contributed by atoms with Gasteiger partial charge < -0.3 is 19.9 Å². The standard InChI is InChI=1S/C20H22N6O2/c1-2-14-5-3-6-16(11-14)28-19-9-8-15(12-21-19)23-20(27)22-13-18-25-24-17-7-4-10-26(17)18/h3,5-6,8-9,11-12H,2,4,7,10,13H2,1H3,(H2,22,23,27). The van der Waals surface area contributed by atoms with Gasteiger partial charge in [0.2, 0.25) is 5.88 Å².